The van der Waals surface area contributed by atoms with E-state index in [4.69, 9.17) is 26.6 Å². The summed E-state index contributed by atoms with van der Waals surface area (Å²) in [6.45, 7) is 0. The fourth-order valence-corrected chi connectivity index (χ4v) is 8.33. The normalized spacial score (nSPS) is 12.6. The zero-order valence-corrected chi connectivity index (χ0v) is 24.0. The van der Waals surface area contributed by atoms with Crippen molar-refractivity contribution in [3.05, 3.63) is 0 Å². The molecule has 0 amide bonds. The van der Waals surface area contributed by atoms with Crippen molar-refractivity contribution in [3.63, 3.8) is 0 Å². The number of rotatable bonds is 24. The molecule has 0 fully saturated rings. The zero-order chi connectivity index (χ0) is 23.3. The minimum absolute atomic E-state index is 0.919. The molecular weight excluding hydrogens is 448 g/mol. The van der Waals surface area contributed by atoms with Crippen molar-refractivity contribution in [2.45, 2.75) is 89.1 Å². The molecule has 0 radical (unpaired) electrons. The van der Waals surface area contributed by atoms with E-state index in [1.807, 2.05) is 0 Å². The number of thioether (sulfide) groups is 1. The van der Waals surface area contributed by atoms with Crippen molar-refractivity contribution < 1.29 is 26.6 Å². The second-order valence-electron chi connectivity index (χ2n) is 7.95. The van der Waals surface area contributed by atoms with Crippen LogP contribution >= 0.6 is 11.8 Å². The molecule has 9 heteroatoms. The summed E-state index contributed by atoms with van der Waals surface area (Å²) in [5.41, 5.74) is 0. The first-order valence-electron chi connectivity index (χ1n) is 12.0. The van der Waals surface area contributed by atoms with E-state index in [0.29, 0.717) is 0 Å². The van der Waals surface area contributed by atoms with E-state index in [-0.39, 0.29) is 0 Å². The van der Waals surface area contributed by atoms with E-state index >= 15 is 0 Å². The molecular formula is C22H50O6SSi2. The summed E-state index contributed by atoms with van der Waals surface area (Å²) in [5, 5.41) is 0. The first kappa shape index (κ1) is 31.5. The summed E-state index contributed by atoms with van der Waals surface area (Å²) in [5.74, 6) is 2.62. The molecule has 0 aliphatic heterocycles. The minimum Gasteiger partial charge on any atom is -0.377 e. The van der Waals surface area contributed by atoms with E-state index in [1.54, 1.807) is 42.7 Å². The summed E-state index contributed by atoms with van der Waals surface area (Å²) < 4.78 is 32.8. The van der Waals surface area contributed by atoms with Crippen molar-refractivity contribution in [3.8, 4) is 0 Å². The van der Waals surface area contributed by atoms with Crippen LogP contribution in [-0.2, 0) is 26.6 Å². The maximum atomic E-state index is 5.46. The van der Waals surface area contributed by atoms with E-state index in [2.05, 4.69) is 11.8 Å². The van der Waals surface area contributed by atoms with Crippen LogP contribution in [-0.4, -0.2) is 71.8 Å². The van der Waals surface area contributed by atoms with Gasteiger partial charge in [-0.2, -0.15) is 11.8 Å². The van der Waals surface area contributed by atoms with Gasteiger partial charge in [-0.15, -0.1) is 0 Å². The van der Waals surface area contributed by atoms with E-state index in [0.717, 1.165) is 24.9 Å². The van der Waals surface area contributed by atoms with Gasteiger partial charge in [-0.3, -0.25) is 0 Å². The van der Waals surface area contributed by atoms with E-state index in [9.17, 15) is 0 Å². The molecule has 0 saturated carbocycles. The molecule has 0 bridgehead atoms. The highest BCUT2D eigenvalue weighted by Gasteiger charge is 2.37. The fourth-order valence-electron chi connectivity index (χ4n) is 3.72. The first-order chi connectivity index (χ1) is 15.1. The minimum atomic E-state index is -2.35. The molecule has 0 atom stereocenters. The van der Waals surface area contributed by atoms with Gasteiger partial charge in [0, 0.05) is 54.7 Å². The van der Waals surface area contributed by atoms with Gasteiger partial charge in [-0.25, -0.2) is 0 Å². The Balaban J connectivity index is 3.35. The molecule has 6 nitrogen and oxygen atoms in total. The molecule has 0 saturated heterocycles. The van der Waals surface area contributed by atoms with Gasteiger partial charge in [-0.1, -0.05) is 51.4 Å². The first-order valence-corrected chi connectivity index (χ1v) is 17.0. The van der Waals surface area contributed by atoms with Crippen LogP contribution in [0.2, 0.25) is 12.1 Å². The number of hydrogen-bond donors (Lipinski definition) is 0. The topological polar surface area (TPSA) is 55.4 Å². The quantitative estimate of drug-likeness (QED) is 0.117. The maximum Gasteiger partial charge on any atom is 0.500 e. The van der Waals surface area contributed by atoms with Crippen molar-refractivity contribution in [2.75, 3.05) is 54.2 Å². The summed E-state index contributed by atoms with van der Waals surface area (Å²) in [4.78, 5) is 0. The average Bonchev–Trinajstić information content (AvgIpc) is 2.82. The molecule has 0 aliphatic carbocycles. The number of unbranched alkanes of at least 4 members (excludes halogenated alkanes) is 10. The molecule has 0 N–H and O–H groups in total. The van der Waals surface area contributed by atoms with E-state index < -0.39 is 17.6 Å². The Morgan fingerprint density at radius 1 is 0.387 bits per heavy atom. The van der Waals surface area contributed by atoms with Crippen molar-refractivity contribution in [2.24, 2.45) is 0 Å². The van der Waals surface area contributed by atoms with Crippen LogP contribution in [0.4, 0.5) is 0 Å². The lowest BCUT2D eigenvalue weighted by Gasteiger charge is -2.24. The molecule has 0 unspecified atom stereocenters. The summed E-state index contributed by atoms with van der Waals surface area (Å²) in [6, 6.07) is 1.84. The predicted molar refractivity (Wildman–Crippen MR) is 136 cm³/mol. The van der Waals surface area contributed by atoms with E-state index in [1.165, 1.54) is 75.7 Å². The standard InChI is InChI=1S/C22H50O6SSi2/c1-23-30(24-2,25-3)21-17-13-9-7-11-15-19-29-20-16-12-8-10-14-18-22-31(26-4,27-5)28-6/h7-22H2,1-6H3. The van der Waals surface area contributed by atoms with Gasteiger partial charge in [0.05, 0.1) is 0 Å². The van der Waals surface area contributed by atoms with Gasteiger partial charge in [-0.05, 0) is 37.2 Å². The third-order valence-corrected chi connectivity index (χ3v) is 12.7. The SMILES string of the molecule is CO[Si](CCCCCCCCSCCCCCCCC[Si](OC)(OC)OC)(OC)OC. The van der Waals surface area contributed by atoms with Crippen LogP contribution in [0.15, 0.2) is 0 Å². The Hall–Kier alpha value is 0.544. The molecule has 0 spiro atoms. The smallest absolute Gasteiger partial charge is 0.377 e. The predicted octanol–water partition coefficient (Wildman–Crippen LogP) is 6.16. The van der Waals surface area contributed by atoms with Crippen molar-refractivity contribution in [1.82, 2.24) is 0 Å². The molecule has 0 aromatic heterocycles. The van der Waals surface area contributed by atoms with Gasteiger partial charge in [0.25, 0.3) is 0 Å². The lowest BCUT2D eigenvalue weighted by Crippen LogP contribution is -2.42. The maximum absolute atomic E-state index is 5.46. The van der Waals surface area contributed by atoms with Crippen LogP contribution in [0.5, 0.6) is 0 Å². The molecule has 0 aromatic carbocycles. The van der Waals surface area contributed by atoms with Crippen molar-refractivity contribution in [1.29, 1.82) is 0 Å². The molecule has 0 heterocycles. The number of hydrogen-bond acceptors (Lipinski definition) is 7. The second-order valence-corrected chi connectivity index (χ2v) is 15.4. The monoisotopic (exact) mass is 498 g/mol. The second kappa shape index (κ2) is 21.1. The van der Waals surface area contributed by atoms with Gasteiger partial charge in [0.1, 0.15) is 0 Å². The third-order valence-electron chi connectivity index (χ3n) is 5.91. The highest BCUT2D eigenvalue weighted by molar-refractivity contribution is 7.99. The Morgan fingerprint density at radius 3 is 0.935 bits per heavy atom. The fraction of sp³-hybridized carbons (Fsp3) is 1.00. The van der Waals surface area contributed by atoms with Crippen LogP contribution in [0, 0.1) is 0 Å². The lowest BCUT2D eigenvalue weighted by molar-refractivity contribution is 0.122. The van der Waals surface area contributed by atoms with Gasteiger partial charge in [0.2, 0.25) is 0 Å². The summed E-state index contributed by atoms with van der Waals surface area (Å²) >= 11 is 2.13. The summed E-state index contributed by atoms with van der Waals surface area (Å²) in [7, 11) is 5.44. The highest BCUT2D eigenvalue weighted by Crippen LogP contribution is 2.20. The highest BCUT2D eigenvalue weighted by atomic mass is 32.2. The zero-order valence-electron chi connectivity index (χ0n) is 21.2. The third kappa shape index (κ3) is 15.1. The van der Waals surface area contributed by atoms with Crippen LogP contribution in [0.3, 0.4) is 0 Å². The Kier molecular flexibility index (Phi) is 21.5. The molecule has 0 rings (SSSR count). The Labute approximate surface area is 199 Å². The van der Waals surface area contributed by atoms with Crippen LogP contribution in [0.1, 0.15) is 77.0 Å². The van der Waals surface area contributed by atoms with Gasteiger partial charge < -0.3 is 26.6 Å². The van der Waals surface area contributed by atoms with Crippen LogP contribution < -0.4 is 0 Å². The molecule has 0 aliphatic rings. The summed E-state index contributed by atoms with van der Waals surface area (Å²) in [6.07, 6.45) is 15.4. The lowest BCUT2D eigenvalue weighted by atomic mass is 10.1. The molecule has 31 heavy (non-hydrogen) atoms. The van der Waals surface area contributed by atoms with Crippen molar-refractivity contribution >= 4 is 29.4 Å². The van der Waals surface area contributed by atoms with Gasteiger partial charge in [0.15, 0.2) is 0 Å². The largest absolute Gasteiger partial charge is 0.500 e. The Morgan fingerprint density at radius 2 is 0.645 bits per heavy atom. The Bertz CT molecular complexity index is 334. The molecule has 188 valence electrons. The van der Waals surface area contributed by atoms with Gasteiger partial charge >= 0.3 is 17.6 Å². The average molecular weight is 499 g/mol. The van der Waals surface area contributed by atoms with Crippen LogP contribution in [0.25, 0.3) is 0 Å². The molecule has 0 aromatic rings.